The highest BCUT2D eigenvalue weighted by Crippen LogP contribution is 2.37. The van der Waals surface area contributed by atoms with E-state index >= 15 is 0 Å². The summed E-state index contributed by atoms with van der Waals surface area (Å²) in [4.78, 5) is 11.1. The second kappa shape index (κ2) is 5.35. The lowest BCUT2D eigenvalue weighted by Gasteiger charge is -2.17. The molecule has 0 aromatic carbocycles. The van der Waals surface area contributed by atoms with Gasteiger partial charge in [-0.25, -0.2) is 13.1 Å². The van der Waals surface area contributed by atoms with Crippen LogP contribution in [-0.2, 0) is 19.6 Å². The highest BCUT2D eigenvalue weighted by molar-refractivity contribution is 7.90. The van der Waals surface area contributed by atoms with Crippen LogP contribution in [-0.4, -0.2) is 32.8 Å². The molecule has 1 fully saturated rings. The minimum atomic E-state index is -3.56. The average molecular weight is 263 g/mol. The van der Waals surface area contributed by atoms with Crippen molar-refractivity contribution in [2.24, 2.45) is 5.41 Å². The lowest BCUT2D eigenvalue weighted by molar-refractivity contribution is -0.139. The van der Waals surface area contributed by atoms with Crippen LogP contribution in [0.1, 0.15) is 40.0 Å². The second-order valence-corrected chi connectivity index (χ2v) is 7.04. The summed E-state index contributed by atoms with van der Waals surface area (Å²) in [6.45, 7) is 6.08. The first-order valence-corrected chi connectivity index (χ1v) is 7.55. The van der Waals surface area contributed by atoms with E-state index < -0.39 is 21.7 Å². The Kier molecular flexibility index (Phi) is 4.55. The predicted octanol–water partition coefficient (Wildman–Crippen LogP) is 1.05. The molecule has 1 aliphatic carbocycles. The second-order valence-electron chi connectivity index (χ2n) is 5.29. The van der Waals surface area contributed by atoms with Gasteiger partial charge >= 0.3 is 5.97 Å². The van der Waals surface area contributed by atoms with Gasteiger partial charge in [0.05, 0.1) is 6.61 Å². The number of esters is 1. The number of carbonyl (C=O) groups excluding carboxylic acids is 1. The molecule has 17 heavy (non-hydrogen) atoms. The Morgan fingerprint density at radius 2 is 2.12 bits per heavy atom. The fourth-order valence-corrected chi connectivity index (χ4v) is 3.38. The lowest BCUT2D eigenvalue weighted by Crippen LogP contribution is -2.37. The van der Waals surface area contributed by atoms with Crippen LogP contribution < -0.4 is 4.72 Å². The van der Waals surface area contributed by atoms with Crippen LogP contribution in [0.5, 0.6) is 0 Å². The number of rotatable bonds is 5. The predicted molar refractivity (Wildman–Crippen MR) is 65.0 cm³/mol. The number of hydrogen-bond acceptors (Lipinski definition) is 4. The third-order valence-corrected chi connectivity index (χ3v) is 4.24. The van der Waals surface area contributed by atoms with Gasteiger partial charge in [0.15, 0.2) is 5.75 Å². The van der Waals surface area contributed by atoms with Crippen molar-refractivity contribution in [3.63, 3.8) is 0 Å². The zero-order chi connectivity index (χ0) is 13.1. The molecule has 0 heterocycles. The molecule has 5 nitrogen and oxygen atoms in total. The monoisotopic (exact) mass is 263 g/mol. The molecule has 0 saturated heterocycles. The van der Waals surface area contributed by atoms with E-state index in [1.807, 2.05) is 0 Å². The van der Waals surface area contributed by atoms with Crippen molar-refractivity contribution in [3.05, 3.63) is 0 Å². The molecule has 1 atom stereocenters. The first-order chi connectivity index (χ1) is 7.74. The van der Waals surface area contributed by atoms with Crippen molar-refractivity contribution in [1.82, 2.24) is 4.72 Å². The molecule has 1 saturated carbocycles. The molecule has 6 heteroatoms. The number of ether oxygens (including phenoxy) is 1. The van der Waals surface area contributed by atoms with Crippen LogP contribution in [0.4, 0.5) is 0 Å². The summed E-state index contributed by atoms with van der Waals surface area (Å²) in [7, 11) is -3.56. The van der Waals surface area contributed by atoms with Gasteiger partial charge in [-0.15, -0.1) is 0 Å². The van der Waals surface area contributed by atoms with Crippen LogP contribution in [0, 0.1) is 5.41 Å². The topological polar surface area (TPSA) is 72.5 Å². The van der Waals surface area contributed by atoms with Gasteiger partial charge in [0.2, 0.25) is 10.0 Å². The van der Waals surface area contributed by atoms with Crippen LogP contribution >= 0.6 is 0 Å². The third kappa shape index (κ3) is 5.04. The van der Waals surface area contributed by atoms with Gasteiger partial charge in [-0.3, -0.25) is 4.79 Å². The van der Waals surface area contributed by atoms with Crippen LogP contribution in [0.15, 0.2) is 0 Å². The highest BCUT2D eigenvalue weighted by Gasteiger charge is 2.33. The van der Waals surface area contributed by atoms with Crippen molar-refractivity contribution < 1.29 is 17.9 Å². The molecule has 0 spiro atoms. The smallest absolute Gasteiger partial charge is 0.322 e. The van der Waals surface area contributed by atoms with Crippen LogP contribution in [0.3, 0.4) is 0 Å². The molecule has 1 unspecified atom stereocenters. The van der Waals surface area contributed by atoms with E-state index in [1.54, 1.807) is 6.92 Å². The zero-order valence-corrected chi connectivity index (χ0v) is 11.5. The molecule has 0 bridgehead atoms. The maximum absolute atomic E-state index is 11.7. The van der Waals surface area contributed by atoms with Crippen LogP contribution in [0.2, 0.25) is 0 Å². The van der Waals surface area contributed by atoms with E-state index in [0.717, 1.165) is 19.3 Å². The largest absolute Gasteiger partial charge is 0.465 e. The summed E-state index contributed by atoms with van der Waals surface area (Å²) in [6, 6.07) is -0.0515. The fraction of sp³-hybridized carbons (Fsp3) is 0.909. The Morgan fingerprint density at radius 1 is 1.47 bits per heavy atom. The van der Waals surface area contributed by atoms with Crippen molar-refractivity contribution >= 4 is 16.0 Å². The Balaban J connectivity index is 2.48. The summed E-state index contributed by atoms with van der Waals surface area (Å²) in [5.41, 5.74) is 0.178. The van der Waals surface area contributed by atoms with Gasteiger partial charge in [-0.2, -0.15) is 0 Å². The number of nitrogens with one attached hydrogen (secondary N) is 1. The van der Waals surface area contributed by atoms with E-state index in [9.17, 15) is 13.2 Å². The van der Waals surface area contributed by atoms with E-state index in [-0.39, 0.29) is 18.1 Å². The van der Waals surface area contributed by atoms with Crippen molar-refractivity contribution in [3.8, 4) is 0 Å². The molecule has 0 aliphatic heterocycles. The Hall–Kier alpha value is -0.620. The van der Waals surface area contributed by atoms with Gasteiger partial charge in [0.25, 0.3) is 0 Å². The van der Waals surface area contributed by atoms with E-state index in [1.165, 1.54) is 0 Å². The first kappa shape index (κ1) is 14.4. The van der Waals surface area contributed by atoms with E-state index in [0.29, 0.717) is 0 Å². The summed E-state index contributed by atoms with van der Waals surface area (Å²) < 4.78 is 30.5. The fourth-order valence-electron chi connectivity index (χ4n) is 2.19. The van der Waals surface area contributed by atoms with Gasteiger partial charge in [0.1, 0.15) is 0 Å². The Labute approximate surface area is 103 Å². The first-order valence-electron chi connectivity index (χ1n) is 5.90. The number of hydrogen-bond donors (Lipinski definition) is 1. The Morgan fingerprint density at radius 3 is 2.59 bits per heavy atom. The zero-order valence-electron chi connectivity index (χ0n) is 10.7. The van der Waals surface area contributed by atoms with E-state index in [4.69, 9.17) is 0 Å². The third-order valence-electron chi connectivity index (χ3n) is 2.93. The summed E-state index contributed by atoms with van der Waals surface area (Å²) in [6.07, 6.45) is 2.64. The molecule has 1 aliphatic rings. The Bertz CT molecular complexity index is 375. The van der Waals surface area contributed by atoms with Crippen molar-refractivity contribution in [2.45, 2.75) is 46.1 Å². The van der Waals surface area contributed by atoms with Crippen LogP contribution in [0.25, 0.3) is 0 Å². The van der Waals surface area contributed by atoms with Crippen molar-refractivity contribution in [2.75, 3.05) is 12.4 Å². The molecule has 1 N–H and O–H groups in total. The molecular formula is C11H21NO4S. The summed E-state index contributed by atoms with van der Waals surface area (Å²) in [5, 5.41) is 0. The summed E-state index contributed by atoms with van der Waals surface area (Å²) in [5.74, 6) is -1.28. The van der Waals surface area contributed by atoms with Gasteiger partial charge < -0.3 is 4.74 Å². The SMILES string of the molecule is CCOC(=O)CS(=O)(=O)NC1CCC(C)(C)C1. The number of sulfonamides is 1. The highest BCUT2D eigenvalue weighted by atomic mass is 32.2. The van der Waals surface area contributed by atoms with Gasteiger partial charge in [-0.05, 0) is 31.6 Å². The molecule has 0 aromatic rings. The van der Waals surface area contributed by atoms with E-state index in [2.05, 4.69) is 23.3 Å². The summed E-state index contributed by atoms with van der Waals surface area (Å²) >= 11 is 0. The molecular weight excluding hydrogens is 242 g/mol. The number of carbonyl (C=O) groups is 1. The van der Waals surface area contributed by atoms with Crippen molar-refractivity contribution in [1.29, 1.82) is 0 Å². The molecule has 0 amide bonds. The minimum Gasteiger partial charge on any atom is -0.465 e. The molecule has 0 aromatic heterocycles. The molecule has 0 radical (unpaired) electrons. The molecule has 100 valence electrons. The van der Waals surface area contributed by atoms with Gasteiger partial charge in [-0.1, -0.05) is 13.8 Å². The average Bonchev–Trinajstić information content (AvgIpc) is 2.43. The quantitative estimate of drug-likeness (QED) is 0.752. The maximum Gasteiger partial charge on any atom is 0.322 e. The van der Waals surface area contributed by atoms with Gasteiger partial charge in [0, 0.05) is 6.04 Å². The standard InChI is InChI=1S/C11H21NO4S/c1-4-16-10(13)8-17(14,15)12-9-5-6-11(2,3)7-9/h9,12H,4-8H2,1-3H3. The molecule has 1 rings (SSSR count). The maximum atomic E-state index is 11.7. The lowest BCUT2D eigenvalue weighted by atomic mass is 9.92. The normalized spacial score (nSPS) is 23.6. The minimum absolute atomic E-state index is 0.0515.